The molecule has 0 saturated heterocycles. The van der Waals surface area contributed by atoms with Gasteiger partial charge in [-0.15, -0.1) is 13.2 Å². The average molecular weight is 511 g/mol. The van der Waals surface area contributed by atoms with E-state index in [0.29, 0.717) is 63.9 Å². The number of imidazole rings is 1. The van der Waals surface area contributed by atoms with Crippen molar-refractivity contribution in [2.45, 2.75) is 32.7 Å². The van der Waals surface area contributed by atoms with E-state index in [0.717, 1.165) is 11.3 Å². The van der Waals surface area contributed by atoms with Crippen molar-refractivity contribution in [2.75, 3.05) is 25.2 Å². The molecule has 0 unspecified atom stereocenters. The van der Waals surface area contributed by atoms with Crippen molar-refractivity contribution in [1.82, 2.24) is 14.5 Å². The van der Waals surface area contributed by atoms with E-state index in [1.807, 2.05) is 6.92 Å². The number of alkyl halides is 4. The molecule has 7 nitrogen and oxygen atoms in total. The molecule has 0 fully saturated rings. The molecule has 0 aliphatic rings. The second kappa shape index (κ2) is 10.6. The van der Waals surface area contributed by atoms with E-state index in [4.69, 9.17) is 4.74 Å². The second-order valence-corrected chi connectivity index (χ2v) is 8.56. The first kappa shape index (κ1) is 24.9. The zero-order valence-corrected chi connectivity index (χ0v) is 19.5. The van der Waals surface area contributed by atoms with E-state index in [-0.39, 0.29) is 18.1 Å². The molecule has 0 bridgehead atoms. The highest BCUT2D eigenvalue weighted by atomic mass is 32.1. The highest BCUT2D eigenvalue weighted by Gasteiger charge is 2.31. The summed E-state index contributed by atoms with van der Waals surface area (Å²) in [5.41, 5.74) is 2.12. The van der Waals surface area contributed by atoms with Gasteiger partial charge >= 0.3 is 6.36 Å². The molecule has 0 amide bonds. The lowest BCUT2D eigenvalue weighted by Gasteiger charge is -2.07. The summed E-state index contributed by atoms with van der Waals surface area (Å²) in [6.45, 7) is 2.38. The SMILES string of the molecule is CCOCCCC(=O)c1ccc2c(c1)nc(Nc1nc3ccc(OC(F)(F)F)cc3s1)n2CCF. The number of thiazole rings is 1. The van der Waals surface area contributed by atoms with Gasteiger partial charge in [0.15, 0.2) is 10.9 Å². The quantitative estimate of drug-likeness (QED) is 0.146. The zero-order chi connectivity index (χ0) is 25.0. The van der Waals surface area contributed by atoms with Crippen LogP contribution in [0.1, 0.15) is 30.1 Å². The molecule has 4 rings (SSSR count). The Bertz CT molecular complexity index is 1340. The molecule has 0 radical (unpaired) electrons. The van der Waals surface area contributed by atoms with Crippen molar-refractivity contribution < 1.29 is 31.8 Å². The van der Waals surface area contributed by atoms with Gasteiger partial charge in [-0.25, -0.2) is 14.4 Å². The summed E-state index contributed by atoms with van der Waals surface area (Å²) in [7, 11) is 0. The molecule has 0 spiro atoms. The van der Waals surface area contributed by atoms with E-state index >= 15 is 0 Å². The van der Waals surface area contributed by atoms with Gasteiger partial charge in [-0.1, -0.05) is 11.3 Å². The van der Waals surface area contributed by atoms with Gasteiger partial charge in [0.25, 0.3) is 0 Å². The molecular formula is C23H22F4N4O3S. The van der Waals surface area contributed by atoms with Gasteiger partial charge < -0.3 is 19.4 Å². The number of nitrogens with one attached hydrogen (secondary N) is 1. The molecular weight excluding hydrogens is 488 g/mol. The summed E-state index contributed by atoms with van der Waals surface area (Å²) in [5.74, 6) is -0.0723. The normalized spacial score (nSPS) is 11.9. The number of halogens is 4. The smallest absolute Gasteiger partial charge is 0.406 e. The first-order chi connectivity index (χ1) is 16.8. The van der Waals surface area contributed by atoms with E-state index in [1.54, 1.807) is 22.8 Å². The van der Waals surface area contributed by atoms with Crippen LogP contribution in [0.5, 0.6) is 5.75 Å². The van der Waals surface area contributed by atoms with Crippen LogP contribution < -0.4 is 10.1 Å². The number of Topliss-reactive ketones (excluding diaryl/α,β-unsaturated/α-hetero) is 1. The predicted octanol–water partition coefficient (Wildman–Crippen LogP) is 6.26. The number of carbonyl (C=O) groups excluding carboxylic acids is 1. The fourth-order valence-electron chi connectivity index (χ4n) is 3.58. The van der Waals surface area contributed by atoms with E-state index in [2.05, 4.69) is 20.0 Å². The van der Waals surface area contributed by atoms with Gasteiger partial charge in [-0.05, 0) is 43.7 Å². The topological polar surface area (TPSA) is 78.3 Å². The Morgan fingerprint density at radius 3 is 2.71 bits per heavy atom. The van der Waals surface area contributed by atoms with Crippen LogP contribution >= 0.6 is 11.3 Å². The van der Waals surface area contributed by atoms with Crippen LogP contribution in [0.2, 0.25) is 0 Å². The fourth-order valence-corrected chi connectivity index (χ4v) is 4.47. The maximum atomic E-state index is 13.3. The lowest BCUT2D eigenvalue weighted by molar-refractivity contribution is -0.274. The van der Waals surface area contributed by atoms with Gasteiger partial charge in [-0.3, -0.25) is 4.79 Å². The molecule has 35 heavy (non-hydrogen) atoms. The van der Waals surface area contributed by atoms with E-state index in [9.17, 15) is 22.4 Å². The Morgan fingerprint density at radius 2 is 1.97 bits per heavy atom. The van der Waals surface area contributed by atoms with Gasteiger partial charge in [0.2, 0.25) is 5.95 Å². The van der Waals surface area contributed by atoms with Crippen LogP contribution in [0.3, 0.4) is 0 Å². The van der Waals surface area contributed by atoms with Gasteiger partial charge in [0.05, 0.1) is 27.8 Å². The molecule has 12 heteroatoms. The van der Waals surface area contributed by atoms with Crippen LogP contribution in [0, 0.1) is 0 Å². The number of rotatable bonds is 11. The number of nitrogens with zero attached hydrogens (tertiary/aromatic N) is 3. The predicted molar refractivity (Wildman–Crippen MR) is 125 cm³/mol. The summed E-state index contributed by atoms with van der Waals surface area (Å²) < 4.78 is 62.2. The van der Waals surface area contributed by atoms with E-state index < -0.39 is 13.0 Å². The van der Waals surface area contributed by atoms with Gasteiger partial charge in [0.1, 0.15) is 12.4 Å². The Morgan fingerprint density at radius 1 is 1.14 bits per heavy atom. The Kier molecular flexibility index (Phi) is 7.51. The number of ether oxygens (including phenoxy) is 2. The minimum atomic E-state index is -4.79. The highest BCUT2D eigenvalue weighted by molar-refractivity contribution is 7.22. The first-order valence-electron chi connectivity index (χ1n) is 10.9. The second-order valence-electron chi connectivity index (χ2n) is 7.52. The van der Waals surface area contributed by atoms with Crippen molar-refractivity contribution in [2.24, 2.45) is 0 Å². The number of hydrogen-bond donors (Lipinski definition) is 1. The number of hydrogen-bond acceptors (Lipinski definition) is 7. The molecule has 0 atom stereocenters. The molecule has 2 aromatic carbocycles. The number of benzene rings is 2. The Labute approximate surface area is 201 Å². The van der Waals surface area contributed by atoms with Crippen LogP contribution in [-0.2, 0) is 11.3 Å². The average Bonchev–Trinajstić information content (AvgIpc) is 3.35. The number of anilines is 2. The Balaban J connectivity index is 1.58. The summed E-state index contributed by atoms with van der Waals surface area (Å²) >= 11 is 1.11. The van der Waals surface area contributed by atoms with Gasteiger partial charge in [0, 0.05) is 31.3 Å². The third kappa shape index (κ3) is 6.06. The summed E-state index contributed by atoms with van der Waals surface area (Å²) in [4.78, 5) is 21.4. The molecule has 0 aliphatic heterocycles. The lowest BCUT2D eigenvalue weighted by atomic mass is 10.1. The van der Waals surface area contributed by atoms with Crippen LogP contribution in [-0.4, -0.2) is 46.6 Å². The van der Waals surface area contributed by atoms with Crippen LogP contribution in [0.25, 0.3) is 21.3 Å². The molecule has 0 saturated carbocycles. The van der Waals surface area contributed by atoms with Crippen molar-refractivity contribution >= 4 is 49.4 Å². The largest absolute Gasteiger partial charge is 0.573 e. The molecule has 2 aromatic heterocycles. The number of carbonyl (C=O) groups is 1. The molecule has 2 heterocycles. The highest BCUT2D eigenvalue weighted by Crippen LogP contribution is 2.33. The van der Waals surface area contributed by atoms with Gasteiger partial charge in [-0.2, -0.15) is 0 Å². The minimum Gasteiger partial charge on any atom is -0.406 e. The molecule has 4 aromatic rings. The third-order valence-corrected chi connectivity index (χ3v) is 6.02. The number of fused-ring (bicyclic) bond motifs is 2. The molecule has 186 valence electrons. The van der Waals surface area contributed by atoms with Crippen molar-refractivity contribution in [1.29, 1.82) is 0 Å². The molecule has 1 N–H and O–H groups in total. The number of ketones is 1. The van der Waals surface area contributed by atoms with Crippen molar-refractivity contribution in [3.05, 3.63) is 42.0 Å². The third-order valence-electron chi connectivity index (χ3n) is 5.09. The number of aryl methyl sites for hydroxylation is 1. The summed E-state index contributed by atoms with van der Waals surface area (Å²) in [6.07, 6.45) is -3.84. The minimum absolute atomic E-state index is 0.0228. The summed E-state index contributed by atoms with van der Waals surface area (Å²) in [6, 6.07) is 8.93. The molecule has 0 aliphatic carbocycles. The summed E-state index contributed by atoms with van der Waals surface area (Å²) in [5, 5.41) is 3.40. The fraction of sp³-hybridized carbons (Fsp3) is 0.348. The van der Waals surface area contributed by atoms with Crippen molar-refractivity contribution in [3.63, 3.8) is 0 Å². The maximum absolute atomic E-state index is 13.3. The zero-order valence-electron chi connectivity index (χ0n) is 18.7. The monoisotopic (exact) mass is 510 g/mol. The number of aromatic nitrogens is 3. The maximum Gasteiger partial charge on any atom is 0.573 e. The van der Waals surface area contributed by atoms with Crippen LogP contribution in [0.4, 0.5) is 28.6 Å². The van der Waals surface area contributed by atoms with E-state index in [1.165, 1.54) is 18.2 Å². The lowest BCUT2D eigenvalue weighted by Crippen LogP contribution is -2.16. The van der Waals surface area contributed by atoms with Crippen LogP contribution in [0.15, 0.2) is 36.4 Å². The first-order valence-corrected chi connectivity index (χ1v) is 11.7. The standard InChI is InChI=1S/C23H22F4N4O3S/c1-2-33-11-3-4-19(32)14-5-8-18-17(12-14)28-21(31(18)10-9-24)30-22-29-16-7-6-15(13-20(16)35-22)34-23(25,26)27/h5-8,12-13H,2-4,9-11H2,1H3,(H,28,29,30). The Hall–Kier alpha value is -3.25. The van der Waals surface area contributed by atoms with Crippen molar-refractivity contribution in [3.8, 4) is 5.75 Å².